The van der Waals surface area contributed by atoms with Crippen molar-refractivity contribution in [2.45, 2.75) is 0 Å². The van der Waals surface area contributed by atoms with Crippen LogP contribution in [0.15, 0.2) is 67.1 Å². The number of piperazine rings is 1. The third-order valence-corrected chi connectivity index (χ3v) is 5.63. The maximum atomic E-state index is 12.7. The summed E-state index contributed by atoms with van der Waals surface area (Å²) in [5.41, 5.74) is 4.87. The second-order valence-corrected chi connectivity index (χ2v) is 7.85. The molecule has 4 aromatic rings. The lowest BCUT2D eigenvalue weighted by atomic mass is 10.1. The standard InChI is InChI=1S/C23H21ClN6O/c24-18-3-1-16(2-4-18)21-14-27-30-15-17(13-26-22(21)30)23(31)28-19-5-7-20(8-6-19)29-11-9-25-10-12-29/h1-8,13-15,25H,9-12H2,(H,28,31). The Labute approximate surface area is 184 Å². The molecule has 2 aromatic carbocycles. The molecule has 0 atom stereocenters. The molecule has 0 saturated carbocycles. The lowest BCUT2D eigenvalue weighted by Gasteiger charge is -2.29. The third kappa shape index (κ3) is 4.10. The molecule has 1 aliphatic heterocycles. The number of aromatic nitrogens is 3. The van der Waals surface area contributed by atoms with Crippen molar-refractivity contribution in [1.82, 2.24) is 19.9 Å². The monoisotopic (exact) mass is 432 g/mol. The van der Waals surface area contributed by atoms with Crippen LogP contribution in [0.2, 0.25) is 5.02 Å². The molecule has 0 radical (unpaired) electrons. The van der Waals surface area contributed by atoms with Crippen LogP contribution >= 0.6 is 11.6 Å². The molecular formula is C23H21ClN6O. The zero-order valence-corrected chi connectivity index (χ0v) is 17.5. The highest BCUT2D eigenvalue weighted by atomic mass is 35.5. The molecule has 0 unspecified atom stereocenters. The van der Waals surface area contributed by atoms with Crippen LogP contribution in [-0.2, 0) is 0 Å². The maximum Gasteiger partial charge on any atom is 0.258 e. The zero-order valence-electron chi connectivity index (χ0n) is 16.8. The van der Waals surface area contributed by atoms with Crippen LogP contribution in [0.25, 0.3) is 16.8 Å². The SMILES string of the molecule is O=C(Nc1ccc(N2CCNCC2)cc1)c1cnc2c(-c3ccc(Cl)cc3)cnn2c1. The Bertz CT molecular complexity index is 1210. The molecule has 2 aromatic heterocycles. The summed E-state index contributed by atoms with van der Waals surface area (Å²) in [7, 11) is 0. The Kier molecular flexibility index (Phi) is 5.28. The molecule has 8 heteroatoms. The molecule has 1 amide bonds. The van der Waals surface area contributed by atoms with Gasteiger partial charge < -0.3 is 15.5 Å². The predicted molar refractivity (Wildman–Crippen MR) is 123 cm³/mol. The smallest absolute Gasteiger partial charge is 0.258 e. The van der Waals surface area contributed by atoms with E-state index in [1.807, 2.05) is 48.5 Å². The van der Waals surface area contributed by atoms with Crippen LogP contribution in [0.5, 0.6) is 0 Å². The molecule has 2 N–H and O–H groups in total. The molecular weight excluding hydrogens is 412 g/mol. The van der Waals surface area contributed by atoms with Crippen LogP contribution in [0.1, 0.15) is 10.4 Å². The molecule has 0 spiro atoms. The minimum atomic E-state index is -0.229. The van der Waals surface area contributed by atoms with E-state index in [0.29, 0.717) is 16.2 Å². The van der Waals surface area contributed by atoms with Crippen molar-refractivity contribution in [3.63, 3.8) is 0 Å². The first-order valence-electron chi connectivity index (χ1n) is 10.1. The number of carbonyl (C=O) groups is 1. The van der Waals surface area contributed by atoms with Crippen molar-refractivity contribution < 1.29 is 4.79 Å². The Balaban J connectivity index is 1.32. The van der Waals surface area contributed by atoms with E-state index in [1.165, 1.54) is 0 Å². The summed E-state index contributed by atoms with van der Waals surface area (Å²) in [6, 6.07) is 15.4. The number of anilines is 2. The quantitative estimate of drug-likeness (QED) is 0.514. The van der Waals surface area contributed by atoms with Gasteiger partial charge in [0, 0.05) is 60.5 Å². The van der Waals surface area contributed by atoms with Crippen LogP contribution < -0.4 is 15.5 Å². The van der Waals surface area contributed by atoms with Gasteiger partial charge in [0.05, 0.1) is 11.8 Å². The molecule has 31 heavy (non-hydrogen) atoms. The summed E-state index contributed by atoms with van der Waals surface area (Å²) in [6.45, 7) is 3.95. The van der Waals surface area contributed by atoms with E-state index in [9.17, 15) is 4.79 Å². The number of halogens is 1. The first kappa shape index (κ1) is 19.5. The van der Waals surface area contributed by atoms with E-state index in [2.05, 4.69) is 25.6 Å². The fraction of sp³-hybridized carbons (Fsp3) is 0.174. The van der Waals surface area contributed by atoms with E-state index in [1.54, 1.807) is 23.1 Å². The van der Waals surface area contributed by atoms with Crippen LogP contribution in [0, 0.1) is 0 Å². The molecule has 0 bridgehead atoms. The Hall–Kier alpha value is -3.42. The van der Waals surface area contributed by atoms with Gasteiger partial charge in [0.2, 0.25) is 0 Å². The van der Waals surface area contributed by atoms with Gasteiger partial charge in [-0.15, -0.1) is 0 Å². The summed E-state index contributed by atoms with van der Waals surface area (Å²) in [6.07, 6.45) is 5.00. The largest absolute Gasteiger partial charge is 0.369 e. The van der Waals surface area contributed by atoms with Crippen molar-refractivity contribution in [3.8, 4) is 11.1 Å². The third-order valence-electron chi connectivity index (χ3n) is 5.38. The lowest BCUT2D eigenvalue weighted by Crippen LogP contribution is -2.43. The second-order valence-electron chi connectivity index (χ2n) is 7.41. The van der Waals surface area contributed by atoms with Gasteiger partial charge in [-0.05, 0) is 42.0 Å². The fourth-order valence-corrected chi connectivity index (χ4v) is 3.83. The summed E-state index contributed by atoms with van der Waals surface area (Å²) >= 11 is 5.98. The van der Waals surface area contributed by atoms with Gasteiger partial charge in [0.1, 0.15) is 0 Å². The van der Waals surface area contributed by atoms with Gasteiger partial charge in [-0.3, -0.25) is 4.79 Å². The molecule has 7 nitrogen and oxygen atoms in total. The van der Waals surface area contributed by atoms with Gasteiger partial charge >= 0.3 is 0 Å². The van der Waals surface area contributed by atoms with Crippen molar-refractivity contribution in [2.24, 2.45) is 0 Å². The highest BCUT2D eigenvalue weighted by Gasteiger charge is 2.14. The van der Waals surface area contributed by atoms with E-state index >= 15 is 0 Å². The molecule has 1 aliphatic rings. The van der Waals surface area contributed by atoms with Crippen molar-refractivity contribution >= 4 is 34.5 Å². The first-order valence-corrected chi connectivity index (χ1v) is 10.5. The van der Waals surface area contributed by atoms with Crippen LogP contribution in [0.4, 0.5) is 11.4 Å². The Morgan fingerprint density at radius 1 is 1.00 bits per heavy atom. The minimum absolute atomic E-state index is 0.229. The lowest BCUT2D eigenvalue weighted by molar-refractivity contribution is 0.102. The van der Waals surface area contributed by atoms with Gasteiger partial charge in [0.15, 0.2) is 5.65 Å². The number of nitrogens with one attached hydrogen (secondary N) is 2. The zero-order chi connectivity index (χ0) is 21.2. The number of carbonyl (C=O) groups excluding carboxylic acids is 1. The summed E-state index contributed by atoms with van der Waals surface area (Å²) in [5.74, 6) is -0.229. The Morgan fingerprint density at radius 3 is 2.48 bits per heavy atom. The molecule has 1 fully saturated rings. The highest BCUT2D eigenvalue weighted by molar-refractivity contribution is 6.30. The topological polar surface area (TPSA) is 74.6 Å². The molecule has 0 aliphatic carbocycles. The number of benzene rings is 2. The van der Waals surface area contributed by atoms with Crippen molar-refractivity contribution in [1.29, 1.82) is 0 Å². The average molecular weight is 433 g/mol. The first-order chi connectivity index (χ1) is 15.2. The van der Waals surface area contributed by atoms with Crippen molar-refractivity contribution in [2.75, 3.05) is 36.4 Å². The number of fused-ring (bicyclic) bond motifs is 1. The fourth-order valence-electron chi connectivity index (χ4n) is 3.71. The van der Waals surface area contributed by atoms with Gasteiger partial charge in [-0.1, -0.05) is 23.7 Å². The van der Waals surface area contributed by atoms with Gasteiger partial charge in [0.25, 0.3) is 5.91 Å². The maximum absolute atomic E-state index is 12.7. The van der Waals surface area contributed by atoms with Crippen LogP contribution in [0.3, 0.4) is 0 Å². The van der Waals surface area contributed by atoms with Gasteiger partial charge in [-0.2, -0.15) is 5.10 Å². The van der Waals surface area contributed by atoms with E-state index in [4.69, 9.17) is 11.6 Å². The van der Waals surface area contributed by atoms with E-state index < -0.39 is 0 Å². The normalized spacial score (nSPS) is 14.0. The molecule has 3 heterocycles. The van der Waals surface area contributed by atoms with Crippen LogP contribution in [-0.4, -0.2) is 46.7 Å². The average Bonchev–Trinajstić information content (AvgIpc) is 3.24. The number of amides is 1. The highest BCUT2D eigenvalue weighted by Crippen LogP contribution is 2.25. The molecule has 5 rings (SSSR count). The Morgan fingerprint density at radius 2 is 1.74 bits per heavy atom. The van der Waals surface area contributed by atoms with E-state index in [0.717, 1.165) is 48.7 Å². The second kappa shape index (κ2) is 8.37. The number of hydrogen-bond donors (Lipinski definition) is 2. The van der Waals surface area contributed by atoms with E-state index in [-0.39, 0.29) is 5.91 Å². The summed E-state index contributed by atoms with van der Waals surface area (Å²) < 4.78 is 1.62. The number of nitrogens with zero attached hydrogens (tertiary/aromatic N) is 4. The van der Waals surface area contributed by atoms with Gasteiger partial charge in [-0.25, -0.2) is 9.50 Å². The molecule has 156 valence electrons. The minimum Gasteiger partial charge on any atom is -0.369 e. The summed E-state index contributed by atoms with van der Waals surface area (Å²) in [5, 5.41) is 11.3. The number of rotatable bonds is 4. The molecule has 1 saturated heterocycles. The summed E-state index contributed by atoms with van der Waals surface area (Å²) in [4.78, 5) is 19.5. The predicted octanol–water partition coefficient (Wildman–Crippen LogP) is 3.71. The number of hydrogen-bond acceptors (Lipinski definition) is 5. The van der Waals surface area contributed by atoms with Crippen molar-refractivity contribution in [3.05, 3.63) is 77.7 Å².